The third kappa shape index (κ3) is 4.39. The lowest BCUT2D eigenvalue weighted by molar-refractivity contribution is 0.262. The average molecular weight is 252 g/mol. The zero-order chi connectivity index (χ0) is 13.7. The van der Waals surface area contributed by atoms with Gasteiger partial charge in [0.25, 0.3) is 0 Å². The van der Waals surface area contributed by atoms with Gasteiger partial charge in [0.05, 0.1) is 6.61 Å². The molecule has 3 N–H and O–H groups in total. The van der Waals surface area contributed by atoms with Gasteiger partial charge in [-0.3, -0.25) is 0 Å². The van der Waals surface area contributed by atoms with Crippen molar-refractivity contribution in [2.75, 3.05) is 24.2 Å². The SMILES string of the molecule is Cc1nc(NCC(C)C)c(N)c(OCC(C)C)n1. The lowest BCUT2D eigenvalue weighted by Crippen LogP contribution is -2.14. The van der Waals surface area contributed by atoms with Crippen LogP contribution in [0.25, 0.3) is 0 Å². The van der Waals surface area contributed by atoms with Gasteiger partial charge in [-0.15, -0.1) is 0 Å². The molecule has 5 heteroatoms. The van der Waals surface area contributed by atoms with E-state index in [4.69, 9.17) is 10.5 Å². The molecule has 1 aromatic rings. The molecular weight excluding hydrogens is 228 g/mol. The van der Waals surface area contributed by atoms with Crippen molar-refractivity contribution in [3.8, 4) is 5.88 Å². The van der Waals surface area contributed by atoms with Crippen LogP contribution in [0.2, 0.25) is 0 Å². The number of ether oxygens (including phenoxy) is 1. The second-order valence-corrected chi connectivity index (χ2v) is 5.32. The molecule has 0 aliphatic heterocycles. The Morgan fingerprint density at radius 2 is 1.83 bits per heavy atom. The topological polar surface area (TPSA) is 73.1 Å². The van der Waals surface area contributed by atoms with Gasteiger partial charge in [0.1, 0.15) is 11.5 Å². The molecule has 1 heterocycles. The maximum Gasteiger partial charge on any atom is 0.242 e. The predicted molar refractivity (Wildman–Crippen MR) is 74.8 cm³/mol. The Balaban J connectivity index is 2.84. The molecular formula is C13H24N4O. The molecule has 0 atom stereocenters. The first-order chi connectivity index (χ1) is 8.40. The number of aryl methyl sites for hydroxylation is 1. The first-order valence-corrected chi connectivity index (χ1v) is 6.41. The quantitative estimate of drug-likeness (QED) is 0.813. The van der Waals surface area contributed by atoms with Crippen LogP contribution in [0.1, 0.15) is 33.5 Å². The van der Waals surface area contributed by atoms with E-state index in [1.54, 1.807) is 0 Å². The zero-order valence-corrected chi connectivity index (χ0v) is 11.9. The Hall–Kier alpha value is -1.52. The number of nitrogens with two attached hydrogens (primary N) is 1. The highest BCUT2D eigenvalue weighted by molar-refractivity contribution is 5.66. The van der Waals surface area contributed by atoms with Gasteiger partial charge in [-0.25, -0.2) is 4.98 Å². The highest BCUT2D eigenvalue weighted by Gasteiger charge is 2.12. The van der Waals surface area contributed by atoms with Gasteiger partial charge in [0, 0.05) is 6.54 Å². The van der Waals surface area contributed by atoms with E-state index >= 15 is 0 Å². The van der Waals surface area contributed by atoms with E-state index < -0.39 is 0 Å². The molecule has 18 heavy (non-hydrogen) atoms. The van der Waals surface area contributed by atoms with Crippen molar-refractivity contribution in [2.24, 2.45) is 11.8 Å². The fourth-order valence-electron chi connectivity index (χ4n) is 1.35. The number of rotatable bonds is 6. The largest absolute Gasteiger partial charge is 0.476 e. The Kier molecular flexibility index (Phi) is 5.19. The fraction of sp³-hybridized carbons (Fsp3) is 0.692. The molecule has 0 bridgehead atoms. The molecule has 0 aliphatic carbocycles. The number of hydrogen-bond donors (Lipinski definition) is 2. The number of aromatic nitrogens is 2. The summed E-state index contributed by atoms with van der Waals surface area (Å²) in [6.07, 6.45) is 0. The van der Waals surface area contributed by atoms with Crippen molar-refractivity contribution in [1.82, 2.24) is 9.97 Å². The Morgan fingerprint density at radius 1 is 1.17 bits per heavy atom. The van der Waals surface area contributed by atoms with Gasteiger partial charge < -0.3 is 15.8 Å². The van der Waals surface area contributed by atoms with Crippen LogP contribution < -0.4 is 15.8 Å². The molecule has 0 radical (unpaired) electrons. The Morgan fingerprint density at radius 3 is 2.39 bits per heavy atom. The number of hydrogen-bond acceptors (Lipinski definition) is 5. The fourth-order valence-corrected chi connectivity index (χ4v) is 1.35. The summed E-state index contributed by atoms with van der Waals surface area (Å²) in [5, 5.41) is 3.23. The van der Waals surface area contributed by atoms with E-state index in [-0.39, 0.29) is 0 Å². The average Bonchev–Trinajstić information content (AvgIpc) is 2.27. The summed E-state index contributed by atoms with van der Waals surface area (Å²) in [5.41, 5.74) is 6.50. The summed E-state index contributed by atoms with van der Waals surface area (Å²) in [7, 11) is 0. The van der Waals surface area contributed by atoms with Crippen LogP contribution in [-0.2, 0) is 0 Å². The number of nitrogens with zero attached hydrogens (tertiary/aromatic N) is 2. The highest BCUT2D eigenvalue weighted by atomic mass is 16.5. The minimum atomic E-state index is 0.437. The molecule has 5 nitrogen and oxygen atoms in total. The van der Waals surface area contributed by atoms with Crippen molar-refractivity contribution >= 4 is 11.5 Å². The summed E-state index contributed by atoms with van der Waals surface area (Å²) < 4.78 is 5.61. The van der Waals surface area contributed by atoms with Crippen LogP contribution in [0.4, 0.5) is 11.5 Å². The molecule has 0 amide bonds. The Labute approximate surface area is 109 Å². The third-order valence-electron chi connectivity index (χ3n) is 2.25. The number of nitrogen functional groups attached to an aromatic ring is 1. The molecule has 0 spiro atoms. The highest BCUT2D eigenvalue weighted by Crippen LogP contribution is 2.26. The molecule has 0 saturated carbocycles. The van der Waals surface area contributed by atoms with E-state index in [2.05, 4.69) is 43.0 Å². The van der Waals surface area contributed by atoms with Crippen molar-refractivity contribution in [1.29, 1.82) is 0 Å². The van der Waals surface area contributed by atoms with E-state index in [1.807, 2.05) is 6.92 Å². The molecule has 0 saturated heterocycles. The van der Waals surface area contributed by atoms with E-state index in [9.17, 15) is 0 Å². The van der Waals surface area contributed by atoms with Gasteiger partial charge in [-0.05, 0) is 18.8 Å². The van der Waals surface area contributed by atoms with Crippen LogP contribution in [-0.4, -0.2) is 23.1 Å². The predicted octanol–water partition coefficient (Wildman–Crippen LogP) is 2.47. The normalized spacial score (nSPS) is 11.1. The van der Waals surface area contributed by atoms with Gasteiger partial charge in [0.15, 0.2) is 5.82 Å². The minimum absolute atomic E-state index is 0.437. The van der Waals surface area contributed by atoms with Gasteiger partial charge >= 0.3 is 0 Å². The summed E-state index contributed by atoms with van der Waals surface area (Å²) in [4.78, 5) is 8.54. The summed E-state index contributed by atoms with van der Waals surface area (Å²) in [6.45, 7) is 11.7. The number of nitrogens with one attached hydrogen (secondary N) is 1. The van der Waals surface area contributed by atoms with Gasteiger partial charge in [0.2, 0.25) is 5.88 Å². The molecule has 0 aromatic carbocycles. The molecule has 0 aliphatic rings. The molecule has 1 aromatic heterocycles. The van der Waals surface area contributed by atoms with Crippen LogP contribution in [0.15, 0.2) is 0 Å². The summed E-state index contributed by atoms with van der Waals surface area (Å²) in [5.74, 6) is 2.76. The van der Waals surface area contributed by atoms with E-state index in [0.717, 1.165) is 6.54 Å². The smallest absolute Gasteiger partial charge is 0.242 e. The molecule has 0 unspecified atom stereocenters. The maximum atomic E-state index is 6.01. The first kappa shape index (κ1) is 14.5. The lowest BCUT2D eigenvalue weighted by Gasteiger charge is -2.15. The van der Waals surface area contributed by atoms with Crippen LogP contribution in [0, 0.1) is 18.8 Å². The first-order valence-electron chi connectivity index (χ1n) is 6.41. The monoisotopic (exact) mass is 252 g/mol. The van der Waals surface area contributed by atoms with Crippen LogP contribution in [0.3, 0.4) is 0 Å². The third-order valence-corrected chi connectivity index (χ3v) is 2.25. The van der Waals surface area contributed by atoms with Gasteiger partial charge in [-0.1, -0.05) is 27.7 Å². The molecule has 0 fully saturated rings. The van der Waals surface area contributed by atoms with Crippen molar-refractivity contribution < 1.29 is 4.74 Å². The summed E-state index contributed by atoms with van der Waals surface area (Å²) >= 11 is 0. The second kappa shape index (κ2) is 6.42. The summed E-state index contributed by atoms with van der Waals surface area (Å²) in [6, 6.07) is 0. The Bertz CT molecular complexity index is 358. The zero-order valence-electron chi connectivity index (χ0n) is 11.9. The van der Waals surface area contributed by atoms with Crippen LogP contribution in [0.5, 0.6) is 5.88 Å². The second-order valence-electron chi connectivity index (χ2n) is 5.32. The van der Waals surface area contributed by atoms with Gasteiger partial charge in [-0.2, -0.15) is 4.98 Å². The minimum Gasteiger partial charge on any atom is -0.476 e. The molecule has 102 valence electrons. The molecule has 1 rings (SSSR count). The number of anilines is 2. The standard InChI is InChI=1S/C13H24N4O/c1-8(2)6-15-12-11(14)13(17-10(5)16-12)18-7-9(3)4/h8-9H,6-7,14H2,1-5H3,(H,15,16,17). The van der Waals surface area contributed by atoms with Crippen LogP contribution >= 0.6 is 0 Å². The van der Waals surface area contributed by atoms with E-state index in [0.29, 0.717) is 41.7 Å². The van der Waals surface area contributed by atoms with Crippen molar-refractivity contribution in [3.05, 3.63) is 5.82 Å². The van der Waals surface area contributed by atoms with E-state index in [1.165, 1.54) is 0 Å². The maximum absolute atomic E-state index is 6.01. The van der Waals surface area contributed by atoms with Crippen molar-refractivity contribution in [3.63, 3.8) is 0 Å². The van der Waals surface area contributed by atoms with Crippen molar-refractivity contribution in [2.45, 2.75) is 34.6 Å². The lowest BCUT2D eigenvalue weighted by atomic mass is 10.2.